The van der Waals surface area contributed by atoms with Crippen LogP contribution in [0.5, 0.6) is 0 Å². The van der Waals surface area contributed by atoms with E-state index in [1.165, 1.54) is 11.1 Å². The van der Waals surface area contributed by atoms with Crippen molar-refractivity contribution in [3.05, 3.63) is 35.4 Å². The summed E-state index contributed by atoms with van der Waals surface area (Å²) in [6, 6.07) is 8.25. The lowest BCUT2D eigenvalue weighted by Crippen LogP contribution is -2.39. The van der Waals surface area contributed by atoms with E-state index in [1.54, 1.807) is 0 Å². The summed E-state index contributed by atoms with van der Waals surface area (Å²) < 4.78 is 0. The third-order valence-corrected chi connectivity index (χ3v) is 4.18. The Hall–Kier alpha value is -1.35. The minimum absolute atomic E-state index is 0.0709. The zero-order valence-electron chi connectivity index (χ0n) is 12.8. The first-order chi connectivity index (χ1) is 9.30. The van der Waals surface area contributed by atoms with Gasteiger partial charge in [-0.05, 0) is 35.8 Å². The van der Waals surface area contributed by atoms with Crippen molar-refractivity contribution in [3.63, 3.8) is 0 Å². The van der Waals surface area contributed by atoms with Crippen molar-refractivity contribution in [1.82, 2.24) is 5.32 Å². The average molecular weight is 275 g/mol. The first-order valence-corrected chi connectivity index (χ1v) is 7.32. The van der Waals surface area contributed by atoms with Gasteiger partial charge in [0.05, 0.1) is 6.10 Å². The molecule has 0 aliphatic heterocycles. The highest BCUT2D eigenvalue weighted by molar-refractivity contribution is 5.83. The number of carbonyl (C=O) groups is 1. The third-order valence-electron chi connectivity index (χ3n) is 4.18. The lowest BCUT2D eigenvalue weighted by molar-refractivity contribution is -0.123. The summed E-state index contributed by atoms with van der Waals surface area (Å²) in [5.74, 6) is 0.493. The minimum atomic E-state index is -0.512. The highest BCUT2D eigenvalue weighted by Gasteiger charge is 2.44. The molecule has 1 aromatic rings. The summed E-state index contributed by atoms with van der Waals surface area (Å²) in [5.41, 5.74) is 2.33. The van der Waals surface area contributed by atoms with Crippen LogP contribution in [0.3, 0.4) is 0 Å². The summed E-state index contributed by atoms with van der Waals surface area (Å²) >= 11 is 0. The number of benzene rings is 1. The normalized spacial score (nSPS) is 23.2. The quantitative estimate of drug-likeness (QED) is 0.887. The van der Waals surface area contributed by atoms with Crippen molar-refractivity contribution >= 4 is 5.91 Å². The van der Waals surface area contributed by atoms with Gasteiger partial charge in [-0.15, -0.1) is 0 Å². The number of hydrogen-bond donors (Lipinski definition) is 2. The number of amides is 1. The Balaban J connectivity index is 1.87. The molecule has 0 bridgehead atoms. The fourth-order valence-electron chi connectivity index (χ4n) is 2.47. The fourth-order valence-corrected chi connectivity index (χ4v) is 2.47. The fraction of sp³-hybridized carbons (Fsp3) is 0.588. The summed E-state index contributed by atoms with van der Waals surface area (Å²) in [4.78, 5) is 12.1. The van der Waals surface area contributed by atoms with Gasteiger partial charge in [-0.2, -0.15) is 0 Å². The van der Waals surface area contributed by atoms with Crippen molar-refractivity contribution in [2.45, 2.75) is 46.1 Å². The Morgan fingerprint density at radius 2 is 2.05 bits per heavy atom. The van der Waals surface area contributed by atoms with Gasteiger partial charge < -0.3 is 10.4 Å². The van der Waals surface area contributed by atoms with Gasteiger partial charge in [0.2, 0.25) is 5.91 Å². The number of aliphatic hydroxyl groups is 1. The molecule has 0 heterocycles. The van der Waals surface area contributed by atoms with Crippen LogP contribution >= 0.6 is 0 Å². The Morgan fingerprint density at radius 1 is 1.40 bits per heavy atom. The molecule has 1 saturated carbocycles. The molecule has 1 fully saturated rings. The van der Waals surface area contributed by atoms with Crippen molar-refractivity contribution in [2.75, 3.05) is 6.54 Å². The highest BCUT2D eigenvalue weighted by Crippen LogP contribution is 2.48. The molecule has 2 N–H and O–H groups in total. The minimum Gasteiger partial charge on any atom is -0.391 e. The Morgan fingerprint density at radius 3 is 2.65 bits per heavy atom. The number of carbonyl (C=O) groups excluding carboxylic acids is 1. The van der Waals surface area contributed by atoms with E-state index in [0.717, 1.165) is 6.42 Å². The molecule has 0 aromatic heterocycles. The molecule has 3 heteroatoms. The number of nitrogens with one attached hydrogen (secondary N) is 1. The maximum Gasteiger partial charge on any atom is 0.223 e. The van der Waals surface area contributed by atoms with Crippen molar-refractivity contribution in [2.24, 2.45) is 11.3 Å². The van der Waals surface area contributed by atoms with E-state index >= 15 is 0 Å². The number of aliphatic hydroxyl groups excluding tert-OH is 1. The van der Waals surface area contributed by atoms with Gasteiger partial charge in [-0.1, -0.05) is 45.0 Å². The van der Waals surface area contributed by atoms with Crippen LogP contribution in [-0.4, -0.2) is 23.7 Å². The smallest absolute Gasteiger partial charge is 0.223 e. The first kappa shape index (κ1) is 15.0. The molecule has 0 saturated heterocycles. The zero-order valence-corrected chi connectivity index (χ0v) is 12.8. The zero-order chi connectivity index (χ0) is 14.9. The summed E-state index contributed by atoms with van der Waals surface area (Å²) in [5, 5.41) is 12.8. The largest absolute Gasteiger partial charge is 0.391 e. The summed E-state index contributed by atoms with van der Waals surface area (Å²) in [7, 11) is 0. The summed E-state index contributed by atoms with van der Waals surface area (Å²) in [6.07, 6.45) is 0.407. The average Bonchev–Trinajstić information content (AvgIpc) is 3.15. The second-order valence-corrected chi connectivity index (χ2v) is 6.93. The number of aryl methyl sites for hydroxylation is 1. The standard InChI is InChI=1S/C17H25NO2/c1-11-7-5-6-8-12(11)13-9-14(13)16(20)18-10-15(19)17(2,3)4/h5-8,13-15,19H,9-10H2,1-4H3,(H,18,20). The van der Waals surface area contributed by atoms with E-state index in [9.17, 15) is 9.90 Å². The molecule has 20 heavy (non-hydrogen) atoms. The van der Waals surface area contributed by atoms with E-state index < -0.39 is 6.10 Å². The van der Waals surface area contributed by atoms with Gasteiger partial charge >= 0.3 is 0 Å². The van der Waals surface area contributed by atoms with E-state index in [4.69, 9.17) is 0 Å². The van der Waals surface area contributed by atoms with E-state index in [0.29, 0.717) is 12.5 Å². The Bertz CT molecular complexity index is 490. The van der Waals surface area contributed by atoms with Crippen LogP contribution < -0.4 is 5.32 Å². The Labute approximate surface area is 121 Å². The predicted octanol–water partition coefficient (Wildman–Crippen LogP) is 2.62. The second-order valence-electron chi connectivity index (χ2n) is 6.93. The van der Waals surface area contributed by atoms with Gasteiger partial charge in [-0.3, -0.25) is 4.79 Å². The van der Waals surface area contributed by atoms with E-state index in [2.05, 4.69) is 24.4 Å². The van der Waals surface area contributed by atoms with Gasteiger partial charge in [0, 0.05) is 12.5 Å². The molecular formula is C17H25NO2. The van der Waals surface area contributed by atoms with E-state index in [1.807, 2.05) is 32.9 Å². The van der Waals surface area contributed by atoms with Gasteiger partial charge in [0.25, 0.3) is 0 Å². The van der Waals surface area contributed by atoms with Gasteiger partial charge in [-0.25, -0.2) is 0 Å². The molecule has 3 atom stereocenters. The lowest BCUT2D eigenvalue weighted by atomic mass is 9.89. The van der Waals surface area contributed by atoms with Crippen molar-refractivity contribution in [3.8, 4) is 0 Å². The van der Waals surface area contributed by atoms with Crippen LogP contribution in [0.1, 0.15) is 44.2 Å². The highest BCUT2D eigenvalue weighted by atomic mass is 16.3. The van der Waals surface area contributed by atoms with Crippen LogP contribution in [0.4, 0.5) is 0 Å². The first-order valence-electron chi connectivity index (χ1n) is 7.32. The van der Waals surface area contributed by atoms with Crippen LogP contribution in [0.25, 0.3) is 0 Å². The number of rotatable bonds is 4. The molecular weight excluding hydrogens is 250 g/mol. The molecule has 0 radical (unpaired) electrons. The maximum absolute atomic E-state index is 12.1. The number of hydrogen-bond acceptors (Lipinski definition) is 2. The molecule has 1 aromatic carbocycles. The van der Waals surface area contributed by atoms with Crippen LogP contribution in [0.15, 0.2) is 24.3 Å². The van der Waals surface area contributed by atoms with E-state index in [-0.39, 0.29) is 17.2 Å². The molecule has 110 valence electrons. The third kappa shape index (κ3) is 3.40. The molecule has 3 nitrogen and oxygen atoms in total. The Kier molecular flexibility index (Phi) is 4.19. The molecule has 3 unspecified atom stereocenters. The second kappa shape index (κ2) is 5.57. The SMILES string of the molecule is Cc1ccccc1C1CC1C(=O)NCC(O)C(C)(C)C. The molecule has 1 aliphatic rings. The monoisotopic (exact) mass is 275 g/mol. The summed E-state index contributed by atoms with van der Waals surface area (Å²) in [6.45, 7) is 8.33. The van der Waals surface area contributed by atoms with Crippen LogP contribution in [0, 0.1) is 18.3 Å². The maximum atomic E-state index is 12.1. The van der Waals surface area contributed by atoms with Crippen molar-refractivity contribution < 1.29 is 9.90 Å². The molecule has 1 aliphatic carbocycles. The van der Waals surface area contributed by atoms with Crippen LogP contribution in [-0.2, 0) is 4.79 Å². The predicted molar refractivity (Wildman–Crippen MR) is 80.5 cm³/mol. The van der Waals surface area contributed by atoms with Crippen LogP contribution in [0.2, 0.25) is 0 Å². The topological polar surface area (TPSA) is 49.3 Å². The lowest BCUT2D eigenvalue weighted by Gasteiger charge is -2.25. The molecule has 1 amide bonds. The van der Waals surface area contributed by atoms with Crippen molar-refractivity contribution in [1.29, 1.82) is 0 Å². The van der Waals surface area contributed by atoms with Gasteiger partial charge in [0.1, 0.15) is 0 Å². The van der Waals surface area contributed by atoms with Gasteiger partial charge in [0.15, 0.2) is 0 Å². The molecule has 0 spiro atoms. The molecule has 2 rings (SSSR count).